The van der Waals surface area contributed by atoms with Crippen LogP contribution in [0.2, 0.25) is 0 Å². The average molecular weight is 329 g/mol. The monoisotopic (exact) mass is 329 g/mol. The molecule has 0 spiro atoms. The molecule has 2 atom stereocenters. The number of nitrogens with zero attached hydrogens (tertiary/aromatic N) is 1. The highest BCUT2D eigenvalue weighted by molar-refractivity contribution is 5.95. The van der Waals surface area contributed by atoms with E-state index < -0.39 is 0 Å². The summed E-state index contributed by atoms with van der Waals surface area (Å²) in [6, 6.07) is 9.62. The van der Waals surface area contributed by atoms with Crippen molar-refractivity contribution in [3.8, 4) is 0 Å². The first-order valence-corrected chi connectivity index (χ1v) is 8.48. The fourth-order valence-electron chi connectivity index (χ4n) is 1.72. The van der Waals surface area contributed by atoms with E-state index in [1.165, 1.54) is 0 Å². The minimum Gasteiger partial charge on any atom is -0.475 e. The minimum atomic E-state index is -0.0878. The summed E-state index contributed by atoms with van der Waals surface area (Å²) in [6.45, 7) is 13.9. The van der Waals surface area contributed by atoms with E-state index in [0.29, 0.717) is 18.4 Å². The van der Waals surface area contributed by atoms with Crippen molar-refractivity contribution >= 4 is 5.90 Å². The Morgan fingerprint density at radius 3 is 2.46 bits per heavy atom. The zero-order chi connectivity index (χ0) is 18.2. The molecule has 132 valence electrons. The summed E-state index contributed by atoms with van der Waals surface area (Å²) in [5, 5.41) is 8.84. The number of allylic oxidation sites excluding steroid dienone is 4. The van der Waals surface area contributed by atoms with Gasteiger partial charge in [-0.3, -0.25) is 0 Å². The van der Waals surface area contributed by atoms with Crippen molar-refractivity contribution in [1.82, 2.24) is 0 Å². The topological polar surface area (TPSA) is 41.8 Å². The van der Waals surface area contributed by atoms with Gasteiger partial charge in [-0.2, -0.15) is 0 Å². The van der Waals surface area contributed by atoms with Crippen molar-refractivity contribution in [1.29, 1.82) is 0 Å². The lowest BCUT2D eigenvalue weighted by Crippen LogP contribution is -2.10. The third-order valence-corrected chi connectivity index (χ3v) is 3.06. The van der Waals surface area contributed by atoms with Gasteiger partial charge < -0.3 is 9.84 Å². The van der Waals surface area contributed by atoms with Gasteiger partial charge in [0.25, 0.3) is 0 Å². The number of aliphatic imine (C=N–C) groups is 1. The second-order valence-corrected chi connectivity index (χ2v) is 5.00. The van der Waals surface area contributed by atoms with Crippen LogP contribution in [0.4, 0.5) is 0 Å². The molecule has 0 saturated carbocycles. The molecule has 1 aromatic rings. The lowest BCUT2D eigenvalue weighted by atomic mass is 10.1. The first kappa shape index (κ1) is 21.9. The highest BCUT2D eigenvalue weighted by Crippen LogP contribution is 2.11. The van der Waals surface area contributed by atoms with Crippen LogP contribution < -0.4 is 0 Å². The van der Waals surface area contributed by atoms with Crippen LogP contribution in [0.5, 0.6) is 0 Å². The van der Waals surface area contributed by atoms with Crippen molar-refractivity contribution < 1.29 is 9.84 Å². The van der Waals surface area contributed by atoms with Gasteiger partial charge in [0.15, 0.2) is 0 Å². The van der Waals surface area contributed by atoms with E-state index in [4.69, 9.17) is 9.84 Å². The molecule has 1 aliphatic heterocycles. The van der Waals surface area contributed by atoms with Crippen LogP contribution in [0.1, 0.15) is 32.8 Å². The largest absolute Gasteiger partial charge is 0.475 e. The van der Waals surface area contributed by atoms with Gasteiger partial charge in [-0.15, -0.1) is 13.2 Å². The molecule has 24 heavy (non-hydrogen) atoms. The second kappa shape index (κ2) is 14.5. The van der Waals surface area contributed by atoms with Gasteiger partial charge in [0.05, 0.1) is 6.61 Å². The maximum absolute atomic E-state index is 8.84. The summed E-state index contributed by atoms with van der Waals surface area (Å²) in [5.41, 5.74) is 0.971. The molecule has 3 heteroatoms. The Bertz CT molecular complexity index is 506. The van der Waals surface area contributed by atoms with Crippen molar-refractivity contribution in [2.24, 2.45) is 10.9 Å². The van der Waals surface area contributed by atoms with Crippen molar-refractivity contribution in [2.75, 3.05) is 13.2 Å². The molecular weight excluding hydrogens is 298 g/mol. The van der Waals surface area contributed by atoms with Crippen molar-refractivity contribution in [3.05, 3.63) is 73.4 Å². The lowest BCUT2D eigenvalue weighted by molar-refractivity contribution is 0.227. The second-order valence-electron chi connectivity index (χ2n) is 5.00. The molecule has 1 aromatic carbocycles. The number of hydrogen-bond donors (Lipinski definition) is 1. The standard InChI is InChI=1S/C10H11NO2.C9H14.C2H6/c12-6-9-7-13-10(11-9)8-4-2-1-3-5-8;1-4-6-7-8-9(3)5-2;1-2/h1-5,9,12H,6-7H2;4-5,7-9H,1-2,6H2,3H3;1-2H3. The molecule has 1 heterocycles. The maximum atomic E-state index is 8.84. The number of hydrogen-bond acceptors (Lipinski definition) is 3. The molecule has 0 bridgehead atoms. The Morgan fingerprint density at radius 2 is 1.96 bits per heavy atom. The predicted octanol–water partition coefficient (Wildman–Crippen LogP) is 4.79. The fraction of sp³-hybridized carbons (Fsp3) is 0.381. The van der Waals surface area contributed by atoms with E-state index in [2.05, 4.69) is 37.2 Å². The molecule has 0 radical (unpaired) electrons. The summed E-state index contributed by atoms with van der Waals surface area (Å²) >= 11 is 0. The number of aliphatic hydroxyl groups excluding tert-OH is 1. The van der Waals surface area contributed by atoms with E-state index in [-0.39, 0.29) is 12.6 Å². The first-order valence-electron chi connectivity index (χ1n) is 8.48. The zero-order valence-corrected chi connectivity index (χ0v) is 15.2. The highest BCUT2D eigenvalue weighted by atomic mass is 16.5. The van der Waals surface area contributed by atoms with Gasteiger partial charge in [-0.05, 0) is 24.5 Å². The highest BCUT2D eigenvalue weighted by Gasteiger charge is 2.18. The first-order chi connectivity index (χ1) is 11.7. The molecule has 0 aromatic heterocycles. The van der Waals surface area contributed by atoms with E-state index in [9.17, 15) is 0 Å². The quantitative estimate of drug-likeness (QED) is 0.762. The Labute approximate surface area is 147 Å². The molecule has 2 rings (SSSR count). The minimum absolute atomic E-state index is 0.0519. The predicted molar refractivity (Wildman–Crippen MR) is 104 cm³/mol. The molecule has 1 N–H and O–H groups in total. The van der Waals surface area contributed by atoms with E-state index in [1.54, 1.807) is 0 Å². The average Bonchev–Trinajstić information content (AvgIpc) is 3.14. The number of aliphatic hydroxyl groups is 1. The van der Waals surface area contributed by atoms with Crippen LogP contribution in [0.15, 0.2) is 72.8 Å². The Kier molecular flexibility index (Phi) is 13.2. The summed E-state index contributed by atoms with van der Waals surface area (Å²) in [7, 11) is 0. The number of benzene rings is 1. The van der Waals surface area contributed by atoms with Crippen LogP contribution >= 0.6 is 0 Å². The summed E-state index contributed by atoms with van der Waals surface area (Å²) in [6.07, 6.45) is 8.97. The van der Waals surface area contributed by atoms with Gasteiger partial charge in [0.2, 0.25) is 5.90 Å². The van der Waals surface area contributed by atoms with Crippen LogP contribution in [-0.4, -0.2) is 30.3 Å². The fourth-order valence-corrected chi connectivity index (χ4v) is 1.72. The van der Waals surface area contributed by atoms with Crippen LogP contribution in [0.25, 0.3) is 0 Å². The van der Waals surface area contributed by atoms with Gasteiger partial charge >= 0.3 is 0 Å². The van der Waals surface area contributed by atoms with Crippen LogP contribution in [0.3, 0.4) is 0 Å². The third-order valence-electron chi connectivity index (χ3n) is 3.06. The van der Waals surface area contributed by atoms with Crippen molar-refractivity contribution in [3.63, 3.8) is 0 Å². The SMILES string of the molecule is C=CCC=CC(C)C=C.CC.OCC1COC(c2ccccc2)=N1. The van der Waals surface area contributed by atoms with Crippen LogP contribution in [0, 0.1) is 5.92 Å². The lowest BCUT2D eigenvalue weighted by Gasteiger charge is -1.99. The van der Waals surface area contributed by atoms with E-state index in [1.807, 2.05) is 56.3 Å². The normalized spacial score (nSPS) is 16.7. The molecule has 3 nitrogen and oxygen atoms in total. The van der Waals surface area contributed by atoms with Gasteiger partial charge in [-0.1, -0.05) is 63.3 Å². The molecule has 1 aliphatic rings. The molecule has 0 fully saturated rings. The van der Waals surface area contributed by atoms with Gasteiger partial charge in [0, 0.05) is 5.56 Å². The van der Waals surface area contributed by atoms with Gasteiger partial charge in [-0.25, -0.2) is 4.99 Å². The number of rotatable bonds is 6. The number of ether oxygens (including phenoxy) is 1. The molecule has 0 amide bonds. The van der Waals surface area contributed by atoms with Crippen LogP contribution in [-0.2, 0) is 4.74 Å². The maximum Gasteiger partial charge on any atom is 0.216 e. The third kappa shape index (κ3) is 9.11. The summed E-state index contributed by atoms with van der Waals surface area (Å²) in [4.78, 5) is 4.22. The van der Waals surface area contributed by atoms with E-state index >= 15 is 0 Å². The Morgan fingerprint density at radius 1 is 1.29 bits per heavy atom. The smallest absolute Gasteiger partial charge is 0.216 e. The summed E-state index contributed by atoms with van der Waals surface area (Å²) < 4.78 is 5.33. The van der Waals surface area contributed by atoms with E-state index in [0.717, 1.165) is 12.0 Å². The zero-order valence-electron chi connectivity index (χ0n) is 15.2. The molecule has 0 saturated heterocycles. The molecule has 0 aliphatic carbocycles. The molecular formula is C21H31NO2. The van der Waals surface area contributed by atoms with Gasteiger partial charge in [0.1, 0.15) is 12.6 Å². The molecule has 2 unspecified atom stereocenters. The Hall–Kier alpha value is -2.13. The Balaban J connectivity index is 0.000000426. The van der Waals surface area contributed by atoms with Crippen molar-refractivity contribution in [2.45, 2.75) is 33.2 Å². The summed E-state index contributed by atoms with van der Waals surface area (Å²) in [5.74, 6) is 1.13.